The van der Waals surface area contributed by atoms with Crippen LogP contribution in [0.25, 0.3) is 17.0 Å². The van der Waals surface area contributed by atoms with Crippen LogP contribution in [0.5, 0.6) is 17.2 Å². The fourth-order valence-corrected chi connectivity index (χ4v) is 3.70. The van der Waals surface area contributed by atoms with Gasteiger partial charge >= 0.3 is 5.97 Å². The molecule has 0 N–H and O–H groups in total. The Hall–Kier alpha value is -4.25. The van der Waals surface area contributed by atoms with Gasteiger partial charge in [0, 0.05) is 28.7 Å². The highest BCUT2D eigenvalue weighted by molar-refractivity contribution is 6.15. The zero-order chi connectivity index (χ0) is 24.5. The number of carbonyl (C=O) groups is 2. The third kappa shape index (κ3) is 4.74. The Morgan fingerprint density at radius 3 is 2.65 bits per heavy atom. The molecule has 1 aliphatic rings. The fraction of sp³-hybridized carbons (Fsp3) is 0.269. The molecule has 0 spiro atoms. The van der Waals surface area contributed by atoms with E-state index in [1.54, 1.807) is 48.2 Å². The number of rotatable bonds is 6. The summed E-state index contributed by atoms with van der Waals surface area (Å²) in [7, 11) is 1.57. The molecule has 0 radical (unpaired) electrons. The molecular weight excluding hydrogens is 436 g/mol. The number of hydrogen-bond donors (Lipinski definition) is 0. The van der Waals surface area contributed by atoms with Gasteiger partial charge in [0.25, 0.3) is 0 Å². The molecule has 1 aliphatic heterocycles. The van der Waals surface area contributed by atoms with Crippen LogP contribution < -0.4 is 14.2 Å². The SMILES string of the molecule is COc1ccc2c(c1)c(/C=C1\Oc3cc(OCC#N)ccc3C1=O)cn2CC(=O)OC(C)(C)C. The Morgan fingerprint density at radius 2 is 1.94 bits per heavy atom. The van der Waals surface area contributed by atoms with E-state index in [0.717, 1.165) is 10.9 Å². The van der Waals surface area contributed by atoms with Crippen molar-refractivity contribution >= 4 is 28.7 Å². The van der Waals surface area contributed by atoms with Crippen molar-refractivity contribution in [3.8, 4) is 23.3 Å². The van der Waals surface area contributed by atoms with E-state index in [-0.39, 0.29) is 30.7 Å². The molecule has 0 bridgehead atoms. The second kappa shape index (κ2) is 8.94. The normalized spacial score (nSPS) is 14.0. The maximum Gasteiger partial charge on any atom is 0.326 e. The van der Waals surface area contributed by atoms with Gasteiger partial charge in [-0.3, -0.25) is 9.59 Å². The fourth-order valence-electron chi connectivity index (χ4n) is 3.70. The molecule has 0 saturated heterocycles. The smallest absolute Gasteiger partial charge is 0.326 e. The third-order valence-corrected chi connectivity index (χ3v) is 5.07. The number of benzene rings is 2. The molecule has 0 aliphatic carbocycles. The second-order valence-electron chi connectivity index (χ2n) is 8.73. The first kappa shape index (κ1) is 22.9. The predicted octanol–water partition coefficient (Wildman–Crippen LogP) is 4.51. The van der Waals surface area contributed by atoms with Gasteiger partial charge in [-0.15, -0.1) is 0 Å². The molecule has 8 heteroatoms. The van der Waals surface area contributed by atoms with Gasteiger partial charge < -0.3 is 23.5 Å². The Bertz CT molecular complexity index is 1350. The van der Waals surface area contributed by atoms with Crippen molar-refractivity contribution in [1.29, 1.82) is 5.26 Å². The number of esters is 1. The first-order chi connectivity index (χ1) is 16.2. The number of ketones is 1. The number of nitrogens with zero attached hydrogens (tertiary/aromatic N) is 2. The summed E-state index contributed by atoms with van der Waals surface area (Å²) < 4.78 is 23.7. The number of fused-ring (bicyclic) bond motifs is 2. The largest absolute Gasteiger partial charge is 0.497 e. The van der Waals surface area contributed by atoms with Gasteiger partial charge in [-0.25, -0.2) is 0 Å². The van der Waals surface area contributed by atoms with E-state index in [4.69, 9.17) is 24.2 Å². The van der Waals surface area contributed by atoms with Crippen LogP contribution in [0.2, 0.25) is 0 Å². The summed E-state index contributed by atoms with van der Waals surface area (Å²) in [6, 6.07) is 12.2. The van der Waals surface area contributed by atoms with E-state index in [2.05, 4.69) is 0 Å². The van der Waals surface area contributed by atoms with Crippen molar-refractivity contribution in [1.82, 2.24) is 4.57 Å². The van der Waals surface area contributed by atoms with Crippen LogP contribution >= 0.6 is 0 Å². The van der Waals surface area contributed by atoms with Gasteiger partial charge in [0.1, 0.15) is 35.5 Å². The summed E-state index contributed by atoms with van der Waals surface area (Å²) in [5.74, 6) is 0.951. The van der Waals surface area contributed by atoms with Gasteiger partial charge in [-0.1, -0.05) is 0 Å². The summed E-state index contributed by atoms with van der Waals surface area (Å²) in [6.45, 7) is 5.36. The lowest BCUT2D eigenvalue weighted by molar-refractivity contribution is -0.155. The maximum atomic E-state index is 12.9. The van der Waals surface area contributed by atoms with Crippen LogP contribution in [-0.2, 0) is 16.1 Å². The van der Waals surface area contributed by atoms with Crippen molar-refractivity contribution in [2.45, 2.75) is 32.9 Å². The average Bonchev–Trinajstić information content (AvgIpc) is 3.27. The second-order valence-corrected chi connectivity index (χ2v) is 8.73. The zero-order valence-corrected chi connectivity index (χ0v) is 19.4. The Morgan fingerprint density at radius 1 is 1.18 bits per heavy atom. The van der Waals surface area contributed by atoms with Gasteiger partial charge in [0.15, 0.2) is 12.4 Å². The van der Waals surface area contributed by atoms with Gasteiger partial charge in [-0.2, -0.15) is 5.26 Å². The highest BCUT2D eigenvalue weighted by atomic mass is 16.6. The first-order valence-corrected chi connectivity index (χ1v) is 10.7. The van der Waals surface area contributed by atoms with Crippen LogP contribution in [0, 0.1) is 11.3 Å². The topological polar surface area (TPSA) is 99.8 Å². The quantitative estimate of drug-likeness (QED) is 0.394. The van der Waals surface area contributed by atoms with E-state index in [9.17, 15) is 9.59 Å². The minimum atomic E-state index is -0.597. The summed E-state index contributed by atoms with van der Waals surface area (Å²) in [5.41, 5.74) is 1.29. The molecule has 1 aromatic heterocycles. The van der Waals surface area contributed by atoms with E-state index in [1.807, 2.05) is 39.0 Å². The Kier molecular flexibility index (Phi) is 6.03. The monoisotopic (exact) mass is 460 g/mol. The lowest BCUT2D eigenvalue weighted by Gasteiger charge is -2.19. The van der Waals surface area contributed by atoms with Crippen molar-refractivity contribution in [3.63, 3.8) is 0 Å². The molecule has 0 amide bonds. The van der Waals surface area contributed by atoms with Crippen molar-refractivity contribution < 1.29 is 28.5 Å². The standard InChI is InChI=1S/C26H24N2O6/c1-26(2,3)34-24(29)15-28-14-16(20-12-17(31-4)6-8-21(20)28)11-23-25(30)19-7-5-18(32-10-9-27)13-22(19)33-23/h5-8,11-14H,10,15H2,1-4H3/b23-11-. The number of nitriles is 1. The number of carbonyl (C=O) groups excluding carboxylic acids is 2. The number of ether oxygens (including phenoxy) is 4. The highest BCUT2D eigenvalue weighted by Gasteiger charge is 2.28. The van der Waals surface area contributed by atoms with Crippen LogP contribution in [0.3, 0.4) is 0 Å². The van der Waals surface area contributed by atoms with Gasteiger partial charge in [0.2, 0.25) is 5.78 Å². The Balaban J connectivity index is 1.70. The van der Waals surface area contributed by atoms with Crippen LogP contribution in [0.4, 0.5) is 0 Å². The van der Waals surface area contributed by atoms with Crippen LogP contribution in [0.15, 0.2) is 48.4 Å². The lowest BCUT2D eigenvalue weighted by Crippen LogP contribution is -2.26. The summed E-state index contributed by atoms with van der Waals surface area (Å²) in [4.78, 5) is 25.4. The predicted molar refractivity (Wildman–Crippen MR) is 125 cm³/mol. The zero-order valence-electron chi connectivity index (χ0n) is 19.4. The van der Waals surface area contributed by atoms with E-state index in [0.29, 0.717) is 28.4 Å². The molecule has 34 heavy (non-hydrogen) atoms. The molecule has 2 heterocycles. The van der Waals surface area contributed by atoms with Gasteiger partial charge in [0.05, 0.1) is 12.7 Å². The van der Waals surface area contributed by atoms with Crippen LogP contribution in [0.1, 0.15) is 36.7 Å². The molecule has 2 aromatic carbocycles. The van der Waals surface area contributed by atoms with Crippen molar-refractivity contribution in [3.05, 3.63) is 59.5 Å². The summed E-state index contributed by atoms with van der Waals surface area (Å²) in [5, 5.41) is 9.49. The number of methoxy groups -OCH3 is 1. The molecule has 0 fully saturated rings. The van der Waals surface area contributed by atoms with Crippen molar-refractivity contribution in [2.75, 3.05) is 13.7 Å². The molecule has 8 nitrogen and oxygen atoms in total. The minimum absolute atomic E-state index is 0.0118. The highest BCUT2D eigenvalue weighted by Crippen LogP contribution is 2.36. The average molecular weight is 460 g/mol. The van der Waals surface area contributed by atoms with E-state index < -0.39 is 5.60 Å². The van der Waals surface area contributed by atoms with Crippen LogP contribution in [-0.4, -0.2) is 35.6 Å². The van der Waals surface area contributed by atoms with E-state index >= 15 is 0 Å². The van der Waals surface area contributed by atoms with Crippen molar-refractivity contribution in [2.24, 2.45) is 0 Å². The Labute approximate surface area is 196 Å². The molecular formula is C26H24N2O6. The first-order valence-electron chi connectivity index (χ1n) is 10.7. The summed E-state index contributed by atoms with van der Waals surface area (Å²) >= 11 is 0. The minimum Gasteiger partial charge on any atom is -0.497 e. The number of Topliss-reactive ketones (excluding diaryl/α,β-unsaturated/α-hetero) is 1. The molecule has 174 valence electrons. The van der Waals surface area contributed by atoms with E-state index in [1.165, 1.54) is 0 Å². The number of hydrogen-bond acceptors (Lipinski definition) is 7. The number of allylic oxidation sites excluding steroid dienone is 1. The molecule has 0 saturated carbocycles. The summed E-state index contributed by atoms with van der Waals surface area (Å²) in [6.07, 6.45) is 3.42. The maximum absolute atomic E-state index is 12.9. The third-order valence-electron chi connectivity index (χ3n) is 5.07. The molecule has 0 atom stereocenters. The number of aromatic nitrogens is 1. The molecule has 4 rings (SSSR count). The molecule has 3 aromatic rings. The van der Waals surface area contributed by atoms with Gasteiger partial charge in [-0.05, 0) is 57.2 Å². The molecule has 0 unspecified atom stereocenters. The lowest BCUT2D eigenvalue weighted by atomic mass is 10.1.